The van der Waals surface area contributed by atoms with Crippen LogP contribution in [0.3, 0.4) is 0 Å². The molecular weight excluding hydrogens is 501 g/mol. The predicted molar refractivity (Wildman–Crippen MR) is 141 cm³/mol. The number of hydrogen-bond donors (Lipinski definition) is 0. The molecule has 4 aromatic rings. The highest BCUT2D eigenvalue weighted by Crippen LogP contribution is 2.35. The van der Waals surface area contributed by atoms with Crippen molar-refractivity contribution in [2.24, 2.45) is 0 Å². The number of carbonyl (C=O) groups is 2. The molecule has 1 aliphatic rings. The molecule has 1 fully saturated rings. The fourth-order valence-electron chi connectivity index (χ4n) is 3.81. The minimum Gasteiger partial charge on any atom is -0.268 e. The summed E-state index contributed by atoms with van der Waals surface area (Å²) < 4.78 is 1.78. The van der Waals surface area contributed by atoms with Gasteiger partial charge in [0, 0.05) is 27.4 Å². The van der Waals surface area contributed by atoms with E-state index in [1.54, 1.807) is 22.9 Å². The van der Waals surface area contributed by atoms with Crippen LogP contribution in [-0.2, 0) is 17.9 Å². The van der Waals surface area contributed by atoms with Crippen molar-refractivity contribution in [2.45, 2.75) is 13.1 Å². The number of benzene rings is 3. The smallest absolute Gasteiger partial charge is 0.268 e. The first-order chi connectivity index (χ1) is 17.0. The first kappa shape index (κ1) is 23.4. The van der Waals surface area contributed by atoms with Gasteiger partial charge in [-0.05, 0) is 41.1 Å². The fourth-order valence-corrected chi connectivity index (χ4v) is 5.11. The highest BCUT2D eigenvalue weighted by molar-refractivity contribution is 8.18. The largest absolute Gasteiger partial charge is 0.293 e. The van der Waals surface area contributed by atoms with Gasteiger partial charge in [-0.2, -0.15) is 5.10 Å². The van der Waals surface area contributed by atoms with Crippen molar-refractivity contribution in [3.05, 3.63) is 117 Å². The van der Waals surface area contributed by atoms with Crippen LogP contribution in [0.5, 0.6) is 0 Å². The first-order valence-corrected chi connectivity index (χ1v) is 12.4. The van der Waals surface area contributed by atoms with E-state index in [0.29, 0.717) is 27.2 Å². The number of thioether (sulfide) groups is 1. The van der Waals surface area contributed by atoms with E-state index in [9.17, 15) is 9.59 Å². The quantitative estimate of drug-likeness (QED) is 0.254. The Morgan fingerprint density at radius 3 is 2.31 bits per heavy atom. The molecule has 1 aliphatic heterocycles. The van der Waals surface area contributed by atoms with Gasteiger partial charge < -0.3 is 0 Å². The molecule has 174 valence electrons. The lowest BCUT2D eigenvalue weighted by atomic mass is 10.1. The highest BCUT2D eigenvalue weighted by atomic mass is 35.5. The topological polar surface area (TPSA) is 55.2 Å². The summed E-state index contributed by atoms with van der Waals surface area (Å²) in [7, 11) is 0. The van der Waals surface area contributed by atoms with Crippen LogP contribution in [0, 0.1) is 0 Å². The molecule has 0 N–H and O–H groups in total. The summed E-state index contributed by atoms with van der Waals surface area (Å²) in [6.45, 7) is 0.669. The summed E-state index contributed by atoms with van der Waals surface area (Å²) >= 11 is 13.3. The van der Waals surface area contributed by atoms with E-state index in [2.05, 4.69) is 0 Å². The summed E-state index contributed by atoms with van der Waals surface area (Å²) in [5, 5.41) is 5.61. The van der Waals surface area contributed by atoms with Gasteiger partial charge in [-0.25, -0.2) is 0 Å². The molecule has 0 atom stereocenters. The third-order valence-corrected chi connectivity index (χ3v) is 7.02. The lowest BCUT2D eigenvalue weighted by Crippen LogP contribution is -2.27. The van der Waals surface area contributed by atoms with Crippen molar-refractivity contribution in [2.75, 3.05) is 0 Å². The average Bonchev–Trinajstić information content (AvgIpc) is 3.37. The lowest BCUT2D eigenvalue weighted by molar-refractivity contribution is -0.123. The zero-order valence-electron chi connectivity index (χ0n) is 18.4. The second-order valence-corrected chi connectivity index (χ2v) is 9.82. The standard InChI is InChI=1S/C27H19Cl2N3O2S/c28-22-12-11-20(23(29)14-22)16-31-17-21(25(30-31)19-9-5-2-6-10-19)13-24-26(33)32(27(34)35-24)15-18-7-3-1-4-8-18/h1-14,17H,15-16H2/b24-13-. The average molecular weight is 520 g/mol. The van der Waals surface area contributed by atoms with Crippen LogP contribution in [0.2, 0.25) is 10.0 Å². The van der Waals surface area contributed by atoms with Crippen LogP contribution in [0.1, 0.15) is 16.7 Å². The monoisotopic (exact) mass is 519 g/mol. The van der Waals surface area contributed by atoms with Gasteiger partial charge in [-0.15, -0.1) is 0 Å². The maximum absolute atomic E-state index is 13.1. The fraction of sp³-hybridized carbons (Fsp3) is 0.0741. The summed E-state index contributed by atoms with van der Waals surface area (Å²) in [6.07, 6.45) is 3.60. The molecule has 1 aromatic heterocycles. The van der Waals surface area contributed by atoms with E-state index < -0.39 is 0 Å². The van der Waals surface area contributed by atoms with Gasteiger partial charge in [0.25, 0.3) is 11.1 Å². The zero-order chi connectivity index (χ0) is 24.4. The number of rotatable bonds is 6. The van der Waals surface area contributed by atoms with E-state index in [0.717, 1.165) is 34.0 Å². The third-order valence-electron chi connectivity index (χ3n) is 5.53. The van der Waals surface area contributed by atoms with Crippen molar-refractivity contribution in [1.82, 2.24) is 14.7 Å². The highest BCUT2D eigenvalue weighted by Gasteiger charge is 2.35. The van der Waals surface area contributed by atoms with Crippen LogP contribution < -0.4 is 0 Å². The minimum absolute atomic E-state index is 0.239. The Morgan fingerprint density at radius 1 is 0.886 bits per heavy atom. The Kier molecular flexibility index (Phi) is 6.77. The Hall–Kier alpha value is -3.32. The Bertz CT molecular complexity index is 1440. The molecule has 2 amide bonds. The van der Waals surface area contributed by atoms with Gasteiger partial charge in [0.15, 0.2) is 0 Å². The molecular formula is C27H19Cl2N3O2S. The van der Waals surface area contributed by atoms with Crippen LogP contribution >= 0.6 is 35.0 Å². The van der Waals surface area contributed by atoms with Crippen molar-refractivity contribution in [3.63, 3.8) is 0 Å². The number of hydrogen-bond acceptors (Lipinski definition) is 4. The number of carbonyl (C=O) groups excluding carboxylic acids is 2. The normalized spacial score (nSPS) is 14.8. The van der Waals surface area contributed by atoms with E-state index in [1.165, 1.54) is 4.90 Å². The second kappa shape index (κ2) is 10.1. The molecule has 0 spiro atoms. The molecule has 3 aromatic carbocycles. The second-order valence-electron chi connectivity index (χ2n) is 7.99. The van der Waals surface area contributed by atoms with Gasteiger partial charge in [-0.1, -0.05) is 89.9 Å². The predicted octanol–water partition coefficient (Wildman–Crippen LogP) is 7.14. The lowest BCUT2D eigenvalue weighted by Gasteiger charge is -2.12. The molecule has 0 unspecified atom stereocenters. The summed E-state index contributed by atoms with van der Waals surface area (Å²) in [5.41, 5.74) is 4.13. The maximum atomic E-state index is 13.1. The summed E-state index contributed by atoms with van der Waals surface area (Å²) in [5.74, 6) is -0.309. The number of amides is 2. The van der Waals surface area contributed by atoms with Gasteiger partial charge in [0.1, 0.15) is 0 Å². The SMILES string of the molecule is O=C1S/C(=C\c2cn(Cc3ccc(Cl)cc3Cl)nc2-c2ccccc2)C(=O)N1Cc1ccccc1. The molecule has 1 saturated heterocycles. The van der Waals surface area contributed by atoms with Crippen LogP contribution in [0.25, 0.3) is 17.3 Å². The van der Waals surface area contributed by atoms with Gasteiger partial charge in [-0.3, -0.25) is 19.2 Å². The molecule has 5 rings (SSSR count). The van der Waals surface area contributed by atoms with Crippen molar-refractivity contribution in [1.29, 1.82) is 0 Å². The molecule has 8 heteroatoms. The van der Waals surface area contributed by atoms with Gasteiger partial charge in [0.2, 0.25) is 0 Å². The Morgan fingerprint density at radius 2 is 1.60 bits per heavy atom. The molecule has 0 aliphatic carbocycles. The van der Waals surface area contributed by atoms with Gasteiger partial charge in [0.05, 0.1) is 23.7 Å². The first-order valence-electron chi connectivity index (χ1n) is 10.8. The van der Waals surface area contributed by atoms with Crippen molar-refractivity contribution < 1.29 is 9.59 Å². The van der Waals surface area contributed by atoms with Crippen molar-refractivity contribution in [3.8, 4) is 11.3 Å². The van der Waals surface area contributed by atoms with E-state index in [1.807, 2.05) is 72.9 Å². The molecule has 0 bridgehead atoms. The Balaban J connectivity index is 1.48. The Labute approximate surface area is 217 Å². The number of halogens is 2. The molecule has 35 heavy (non-hydrogen) atoms. The summed E-state index contributed by atoms with van der Waals surface area (Å²) in [4.78, 5) is 27.4. The maximum Gasteiger partial charge on any atom is 0.293 e. The van der Waals surface area contributed by atoms with Crippen LogP contribution in [0.15, 0.2) is 90.0 Å². The number of nitrogens with zero attached hydrogens (tertiary/aromatic N) is 3. The molecule has 0 radical (unpaired) electrons. The molecule has 0 saturated carbocycles. The van der Waals surface area contributed by atoms with Crippen LogP contribution in [-0.4, -0.2) is 25.8 Å². The number of aromatic nitrogens is 2. The van der Waals surface area contributed by atoms with Gasteiger partial charge >= 0.3 is 0 Å². The molecule has 2 heterocycles. The van der Waals surface area contributed by atoms with E-state index in [4.69, 9.17) is 28.3 Å². The summed E-state index contributed by atoms with van der Waals surface area (Å²) in [6, 6.07) is 24.5. The van der Waals surface area contributed by atoms with Crippen molar-refractivity contribution >= 4 is 52.2 Å². The van der Waals surface area contributed by atoms with E-state index >= 15 is 0 Å². The number of imide groups is 1. The minimum atomic E-state index is -0.309. The van der Waals surface area contributed by atoms with Crippen LogP contribution in [0.4, 0.5) is 4.79 Å². The molecule has 5 nitrogen and oxygen atoms in total. The third kappa shape index (κ3) is 5.20. The zero-order valence-corrected chi connectivity index (χ0v) is 20.7. The van der Waals surface area contributed by atoms with E-state index in [-0.39, 0.29) is 17.7 Å².